The van der Waals surface area contributed by atoms with Gasteiger partial charge in [-0.15, -0.1) is 0 Å². The minimum atomic E-state index is -0.0410. The van der Waals surface area contributed by atoms with Crippen molar-refractivity contribution < 1.29 is 4.79 Å². The molecule has 4 heteroatoms. The summed E-state index contributed by atoms with van der Waals surface area (Å²) in [6.07, 6.45) is 4.44. The number of hydrogen-bond acceptors (Lipinski definition) is 2. The monoisotopic (exact) mass is 207 g/mol. The van der Waals surface area contributed by atoms with Gasteiger partial charge in [0.25, 0.3) is 0 Å². The van der Waals surface area contributed by atoms with E-state index in [4.69, 9.17) is 0 Å². The number of rotatable bonds is 4. The second kappa shape index (κ2) is 6.01. The van der Waals surface area contributed by atoms with Crippen molar-refractivity contribution in [2.45, 2.75) is 19.9 Å². The van der Waals surface area contributed by atoms with Crippen LogP contribution in [0.25, 0.3) is 0 Å². The van der Waals surface area contributed by atoms with Gasteiger partial charge in [0.05, 0.1) is 0 Å². The maximum Gasteiger partial charge on any atom is 0.317 e. The lowest BCUT2D eigenvalue weighted by Crippen LogP contribution is -2.37. The first-order valence-corrected chi connectivity index (χ1v) is 5.12. The van der Waals surface area contributed by atoms with E-state index in [1.54, 1.807) is 24.3 Å². The number of nitrogens with one attached hydrogen (secondary N) is 1. The van der Waals surface area contributed by atoms with Crippen molar-refractivity contribution in [3.63, 3.8) is 0 Å². The van der Waals surface area contributed by atoms with E-state index in [0.717, 1.165) is 18.5 Å². The van der Waals surface area contributed by atoms with Crippen LogP contribution in [-0.4, -0.2) is 29.5 Å². The average Bonchev–Trinajstić information content (AvgIpc) is 2.27. The lowest BCUT2D eigenvalue weighted by Gasteiger charge is -2.17. The highest BCUT2D eigenvalue weighted by Crippen LogP contribution is 2.00. The fraction of sp³-hybridized carbons (Fsp3) is 0.455. The maximum absolute atomic E-state index is 11.5. The van der Waals surface area contributed by atoms with Gasteiger partial charge in [0.15, 0.2) is 0 Å². The Hall–Kier alpha value is -1.58. The van der Waals surface area contributed by atoms with Gasteiger partial charge in [-0.05, 0) is 18.1 Å². The standard InChI is InChI=1S/C11H17N3O/c1-3-6-13-11(15)14(2)9-10-5-4-7-12-8-10/h4-5,7-8H,3,6,9H2,1-2H3,(H,13,15). The SMILES string of the molecule is CCCNC(=O)N(C)Cc1cccnc1. The van der Waals surface area contributed by atoms with Crippen molar-refractivity contribution in [2.75, 3.05) is 13.6 Å². The molecule has 1 heterocycles. The molecule has 2 amide bonds. The molecule has 0 aliphatic rings. The fourth-order valence-electron chi connectivity index (χ4n) is 1.20. The van der Waals surface area contributed by atoms with Gasteiger partial charge in [0, 0.05) is 32.5 Å². The van der Waals surface area contributed by atoms with Crippen LogP contribution in [0.4, 0.5) is 4.79 Å². The number of aromatic nitrogens is 1. The van der Waals surface area contributed by atoms with Crippen molar-refractivity contribution in [3.8, 4) is 0 Å². The summed E-state index contributed by atoms with van der Waals surface area (Å²) in [5, 5.41) is 2.82. The van der Waals surface area contributed by atoms with E-state index in [2.05, 4.69) is 10.3 Å². The summed E-state index contributed by atoms with van der Waals surface area (Å²) in [6.45, 7) is 3.33. The summed E-state index contributed by atoms with van der Waals surface area (Å²) in [4.78, 5) is 17.1. The Morgan fingerprint density at radius 1 is 1.60 bits per heavy atom. The molecule has 0 aliphatic heterocycles. The highest BCUT2D eigenvalue weighted by atomic mass is 16.2. The first-order chi connectivity index (χ1) is 7.24. The van der Waals surface area contributed by atoms with Gasteiger partial charge in [-0.25, -0.2) is 4.79 Å². The molecule has 0 aliphatic carbocycles. The number of urea groups is 1. The van der Waals surface area contributed by atoms with Crippen LogP contribution in [0.15, 0.2) is 24.5 Å². The molecule has 0 bridgehead atoms. The van der Waals surface area contributed by atoms with E-state index in [1.165, 1.54) is 0 Å². The van der Waals surface area contributed by atoms with Crippen LogP contribution in [0.5, 0.6) is 0 Å². The molecule has 0 unspecified atom stereocenters. The van der Waals surface area contributed by atoms with Crippen molar-refractivity contribution in [1.29, 1.82) is 0 Å². The maximum atomic E-state index is 11.5. The molecule has 4 nitrogen and oxygen atoms in total. The van der Waals surface area contributed by atoms with Crippen LogP contribution in [0.3, 0.4) is 0 Å². The molecule has 1 N–H and O–H groups in total. The molecular formula is C11H17N3O. The Morgan fingerprint density at radius 2 is 2.40 bits per heavy atom. The van der Waals surface area contributed by atoms with Crippen LogP contribution in [0.2, 0.25) is 0 Å². The van der Waals surface area contributed by atoms with Crippen LogP contribution >= 0.6 is 0 Å². The van der Waals surface area contributed by atoms with Gasteiger partial charge < -0.3 is 10.2 Å². The summed E-state index contributed by atoms with van der Waals surface area (Å²) >= 11 is 0. The average molecular weight is 207 g/mol. The lowest BCUT2D eigenvalue weighted by molar-refractivity contribution is 0.207. The number of amides is 2. The molecule has 0 saturated carbocycles. The van der Waals surface area contributed by atoms with E-state index < -0.39 is 0 Å². The second-order valence-electron chi connectivity index (χ2n) is 3.45. The third-order valence-electron chi connectivity index (χ3n) is 2.02. The zero-order valence-corrected chi connectivity index (χ0v) is 9.23. The Kier molecular flexibility index (Phi) is 4.60. The predicted molar refractivity (Wildman–Crippen MR) is 59.4 cm³/mol. The van der Waals surface area contributed by atoms with Gasteiger partial charge in [0.1, 0.15) is 0 Å². The third kappa shape index (κ3) is 3.97. The molecule has 0 spiro atoms. The smallest absolute Gasteiger partial charge is 0.317 e. The summed E-state index contributed by atoms with van der Waals surface area (Å²) in [5.41, 5.74) is 1.03. The Labute approximate surface area is 90.3 Å². The number of carbonyl (C=O) groups is 1. The third-order valence-corrected chi connectivity index (χ3v) is 2.02. The quantitative estimate of drug-likeness (QED) is 0.815. The second-order valence-corrected chi connectivity index (χ2v) is 3.45. The van der Waals surface area contributed by atoms with E-state index >= 15 is 0 Å². The van der Waals surface area contributed by atoms with Gasteiger partial charge in [-0.2, -0.15) is 0 Å². The van der Waals surface area contributed by atoms with E-state index in [0.29, 0.717) is 6.54 Å². The van der Waals surface area contributed by atoms with E-state index in [1.807, 2.05) is 19.1 Å². The predicted octanol–water partition coefficient (Wildman–Crippen LogP) is 1.63. The molecule has 0 atom stereocenters. The molecule has 82 valence electrons. The number of nitrogens with zero attached hydrogens (tertiary/aromatic N) is 2. The van der Waals surface area contributed by atoms with Gasteiger partial charge in [0.2, 0.25) is 0 Å². The normalized spacial score (nSPS) is 9.73. The first kappa shape index (κ1) is 11.5. The molecule has 0 saturated heterocycles. The minimum absolute atomic E-state index is 0.0410. The molecule has 15 heavy (non-hydrogen) atoms. The van der Waals surface area contributed by atoms with Crippen LogP contribution < -0.4 is 5.32 Å². The summed E-state index contributed by atoms with van der Waals surface area (Å²) in [5.74, 6) is 0. The number of hydrogen-bond donors (Lipinski definition) is 1. The van der Waals surface area contributed by atoms with Gasteiger partial charge >= 0.3 is 6.03 Å². The highest BCUT2D eigenvalue weighted by molar-refractivity contribution is 5.73. The van der Waals surface area contributed by atoms with Crippen molar-refractivity contribution >= 4 is 6.03 Å². The number of pyridine rings is 1. The van der Waals surface area contributed by atoms with Crippen LogP contribution in [-0.2, 0) is 6.54 Å². The topological polar surface area (TPSA) is 45.2 Å². The van der Waals surface area contributed by atoms with E-state index in [-0.39, 0.29) is 6.03 Å². The zero-order chi connectivity index (χ0) is 11.1. The summed E-state index contributed by atoms with van der Waals surface area (Å²) in [6, 6.07) is 3.78. The van der Waals surface area contributed by atoms with Crippen molar-refractivity contribution in [1.82, 2.24) is 15.2 Å². The van der Waals surface area contributed by atoms with Crippen LogP contribution in [0.1, 0.15) is 18.9 Å². The Balaban J connectivity index is 2.41. The minimum Gasteiger partial charge on any atom is -0.338 e. The summed E-state index contributed by atoms with van der Waals surface area (Å²) < 4.78 is 0. The molecule has 0 aromatic carbocycles. The Morgan fingerprint density at radius 3 is 3.00 bits per heavy atom. The molecule has 1 aromatic heterocycles. The molecule has 1 aromatic rings. The number of carbonyl (C=O) groups excluding carboxylic acids is 1. The largest absolute Gasteiger partial charge is 0.338 e. The van der Waals surface area contributed by atoms with Crippen molar-refractivity contribution in [2.24, 2.45) is 0 Å². The fourth-order valence-corrected chi connectivity index (χ4v) is 1.20. The molecule has 0 radical (unpaired) electrons. The molecular weight excluding hydrogens is 190 g/mol. The Bertz CT molecular complexity index is 300. The molecule has 1 rings (SSSR count). The lowest BCUT2D eigenvalue weighted by atomic mass is 10.3. The van der Waals surface area contributed by atoms with Crippen LogP contribution in [0, 0.1) is 0 Å². The zero-order valence-electron chi connectivity index (χ0n) is 9.23. The van der Waals surface area contributed by atoms with Gasteiger partial charge in [-0.1, -0.05) is 13.0 Å². The van der Waals surface area contributed by atoms with Crippen molar-refractivity contribution in [3.05, 3.63) is 30.1 Å². The molecule has 0 fully saturated rings. The first-order valence-electron chi connectivity index (χ1n) is 5.12. The van der Waals surface area contributed by atoms with E-state index in [9.17, 15) is 4.79 Å². The van der Waals surface area contributed by atoms with Gasteiger partial charge in [-0.3, -0.25) is 4.98 Å². The highest BCUT2D eigenvalue weighted by Gasteiger charge is 2.07. The summed E-state index contributed by atoms with van der Waals surface area (Å²) in [7, 11) is 1.78.